The van der Waals surface area contributed by atoms with Gasteiger partial charge in [0.15, 0.2) is 0 Å². The van der Waals surface area contributed by atoms with Gasteiger partial charge in [-0.2, -0.15) is 0 Å². The molecule has 0 saturated heterocycles. The lowest BCUT2D eigenvalue weighted by molar-refractivity contribution is -0.115. The van der Waals surface area contributed by atoms with Gasteiger partial charge in [-0.15, -0.1) is 0 Å². The molecule has 1 fully saturated rings. The van der Waals surface area contributed by atoms with E-state index in [9.17, 15) is 4.79 Å². The van der Waals surface area contributed by atoms with Gasteiger partial charge in [0, 0.05) is 6.04 Å². The number of hydrogen-bond acceptors (Lipinski definition) is 3. The van der Waals surface area contributed by atoms with E-state index in [1.807, 2.05) is 24.3 Å². The fourth-order valence-corrected chi connectivity index (χ4v) is 2.82. The molecule has 1 aliphatic carbocycles. The number of rotatable bonds is 5. The van der Waals surface area contributed by atoms with E-state index in [1.165, 1.54) is 6.42 Å². The summed E-state index contributed by atoms with van der Waals surface area (Å²) in [5, 5.41) is 6.25. The molecule has 1 amide bonds. The highest BCUT2D eigenvalue weighted by Gasteiger charge is 2.29. The number of carbonyl (C=O) groups is 1. The Labute approximate surface area is 120 Å². The molecule has 0 heterocycles. The summed E-state index contributed by atoms with van der Waals surface area (Å²) in [6.07, 6.45) is 2.40. The zero-order valence-electron chi connectivity index (χ0n) is 12.5. The number of amides is 1. The van der Waals surface area contributed by atoms with Crippen molar-refractivity contribution in [2.45, 2.75) is 32.7 Å². The summed E-state index contributed by atoms with van der Waals surface area (Å²) in [6, 6.07) is 7.90. The van der Waals surface area contributed by atoms with Crippen LogP contribution in [-0.2, 0) is 4.79 Å². The van der Waals surface area contributed by atoms with Gasteiger partial charge in [-0.05, 0) is 36.8 Å². The van der Waals surface area contributed by atoms with Crippen molar-refractivity contribution in [1.82, 2.24) is 5.32 Å². The first-order valence-electron chi connectivity index (χ1n) is 7.28. The molecule has 3 atom stereocenters. The van der Waals surface area contributed by atoms with E-state index in [0.29, 0.717) is 24.3 Å². The molecule has 1 aromatic rings. The van der Waals surface area contributed by atoms with Crippen LogP contribution in [0, 0.1) is 11.8 Å². The van der Waals surface area contributed by atoms with Gasteiger partial charge in [-0.3, -0.25) is 4.79 Å². The van der Waals surface area contributed by atoms with Gasteiger partial charge >= 0.3 is 0 Å². The molecule has 1 saturated carbocycles. The topological polar surface area (TPSA) is 50.4 Å². The number of para-hydroxylation sites is 2. The molecule has 2 N–H and O–H groups in total. The minimum Gasteiger partial charge on any atom is -0.495 e. The molecular formula is C16H24N2O2. The van der Waals surface area contributed by atoms with E-state index in [1.54, 1.807) is 7.11 Å². The summed E-state index contributed by atoms with van der Waals surface area (Å²) < 4.78 is 5.22. The Kier molecular flexibility index (Phi) is 5.01. The predicted octanol–water partition coefficient (Wildman–Crippen LogP) is 2.66. The molecule has 110 valence electrons. The smallest absolute Gasteiger partial charge is 0.238 e. The zero-order chi connectivity index (χ0) is 14.5. The van der Waals surface area contributed by atoms with Crippen LogP contribution < -0.4 is 15.4 Å². The third kappa shape index (κ3) is 3.51. The Balaban J connectivity index is 1.84. The third-order valence-corrected chi connectivity index (χ3v) is 4.37. The van der Waals surface area contributed by atoms with Crippen LogP contribution in [0.2, 0.25) is 0 Å². The Hall–Kier alpha value is -1.55. The minimum atomic E-state index is -0.0266. The molecule has 0 spiro atoms. The largest absolute Gasteiger partial charge is 0.495 e. The van der Waals surface area contributed by atoms with Gasteiger partial charge < -0.3 is 15.4 Å². The lowest BCUT2D eigenvalue weighted by atomic mass is 9.98. The van der Waals surface area contributed by atoms with E-state index >= 15 is 0 Å². The summed E-state index contributed by atoms with van der Waals surface area (Å²) in [7, 11) is 1.60. The molecule has 1 aromatic carbocycles. The maximum atomic E-state index is 12.0. The third-order valence-electron chi connectivity index (χ3n) is 4.37. The zero-order valence-corrected chi connectivity index (χ0v) is 12.5. The molecule has 3 unspecified atom stereocenters. The van der Waals surface area contributed by atoms with Crippen LogP contribution in [0.15, 0.2) is 24.3 Å². The highest BCUT2D eigenvalue weighted by molar-refractivity contribution is 5.93. The van der Waals surface area contributed by atoms with Gasteiger partial charge in [0.1, 0.15) is 5.75 Å². The fourth-order valence-electron chi connectivity index (χ4n) is 2.82. The second-order valence-corrected chi connectivity index (χ2v) is 5.65. The SMILES string of the molecule is COc1ccccc1NC(=O)CNC1CCC(C)C1C. The Morgan fingerprint density at radius 3 is 2.70 bits per heavy atom. The number of carbonyl (C=O) groups excluding carboxylic acids is 1. The number of hydrogen-bond donors (Lipinski definition) is 2. The first-order chi connectivity index (χ1) is 9.61. The van der Waals surface area contributed by atoms with Crippen LogP contribution in [0.3, 0.4) is 0 Å². The molecule has 4 nitrogen and oxygen atoms in total. The second-order valence-electron chi connectivity index (χ2n) is 5.65. The van der Waals surface area contributed by atoms with Crippen LogP contribution in [0.4, 0.5) is 5.69 Å². The van der Waals surface area contributed by atoms with Crippen molar-refractivity contribution in [2.75, 3.05) is 19.0 Å². The average molecular weight is 276 g/mol. The maximum Gasteiger partial charge on any atom is 0.238 e. The van der Waals surface area contributed by atoms with Crippen molar-refractivity contribution in [3.63, 3.8) is 0 Å². The van der Waals surface area contributed by atoms with Crippen LogP contribution in [-0.4, -0.2) is 25.6 Å². The summed E-state index contributed by atoms with van der Waals surface area (Å²) in [4.78, 5) is 12.0. The van der Waals surface area contributed by atoms with Crippen LogP contribution >= 0.6 is 0 Å². The maximum absolute atomic E-state index is 12.0. The van der Waals surface area contributed by atoms with Gasteiger partial charge in [-0.1, -0.05) is 26.0 Å². The highest BCUT2D eigenvalue weighted by Crippen LogP contribution is 2.31. The normalized spacial score (nSPS) is 25.4. The van der Waals surface area contributed by atoms with Crippen LogP contribution in [0.25, 0.3) is 0 Å². The first kappa shape index (κ1) is 14.9. The number of anilines is 1. The van der Waals surface area contributed by atoms with Crippen molar-refractivity contribution in [3.05, 3.63) is 24.3 Å². The lowest BCUT2D eigenvalue weighted by Gasteiger charge is -2.19. The molecule has 4 heteroatoms. The van der Waals surface area contributed by atoms with Crippen molar-refractivity contribution in [2.24, 2.45) is 11.8 Å². The molecular weight excluding hydrogens is 252 g/mol. The predicted molar refractivity (Wildman–Crippen MR) is 81.0 cm³/mol. The second kappa shape index (κ2) is 6.75. The van der Waals surface area contributed by atoms with Crippen molar-refractivity contribution < 1.29 is 9.53 Å². The quantitative estimate of drug-likeness (QED) is 0.869. The average Bonchev–Trinajstić information content (AvgIpc) is 2.77. The van der Waals surface area contributed by atoms with E-state index < -0.39 is 0 Å². The van der Waals surface area contributed by atoms with E-state index in [4.69, 9.17) is 4.74 Å². The van der Waals surface area contributed by atoms with Crippen molar-refractivity contribution >= 4 is 11.6 Å². The van der Waals surface area contributed by atoms with Crippen LogP contribution in [0.5, 0.6) is 5.75 Å². The van der Waals surface area contributed by atoms with Gasteiger partial charge in [0.2, 0.25) is 5.91 Å². The van der Waals surface area contributed by atoms with Gasteiger partial charge in [-0.25, -0.2) is 0 Å². The summed E-state index contributed by atoms with van der Waals surface area (Å²) in [5.74, 6) is 2.03. The summed E-state index contributed by atoms with van der Waals surface area (Å²) in [5.41, 5.74) is 0.717. The molecule has 0 bridgehead atoms. The van der Waals surface area contributed by atoms with Gasteiger partial charge in [0.05, 0.1) is 19.3 Å². The first-order valence-corrected chi connectivity index (χ1v) is 7.28. The molecule has 1 aliphatic rings. The molecule has 2 rings (SSSR count). The number of benzene rings is 1. The molecule has 20 heavy (non-hydrogen) atoms. The van der Waals surface area contributed by atoms with Crippen molar-refractivity contribution in [3.8, 4) is 5.75 Å². The summed E-state index contributed by atoms with van der Waals surface area (Å²) >= 11 is 0. The minimum absolute atomic E-state index is 0.0266. The Bertz CT molecular complexity index is 462. The Morgan fingerprint density at radius 1 is 1.30 bits per heavy atom. The van der Waals surface area contributed by atoms with Gasteiger partial charge in [0.25, 0.3) is 0 Å². The lowest BCUT2D eigenvalue weighted by Crippen LogP contribution is -2.38. The monoisotopic (exact) mass is 276 g/mol. The number of ether oxygens (including phenoxy) is 1. The van der Waals surface area contributed by atoms with Crippen molar-refractivity contribution in [1.29, 1.82) is 0 Å². The van der Waals surface area contributed by atoms with E-state index in [2.05, 4.69) is 24.5 Å². The highest BCUT2D eigenvalue weighted by atomic mass is 16.5. The van der Waals surface area contributed by atoms with E-state index in [-0.39, 0.29) is 5.91 Å². The summed E-state index contributed by atoms with van der Waals surface area (Å²) in [6.45, 7) is 4.88. The number of methoxy groups -OCH3 is 1. The fraction of sp³-hybridized carbons (Fsp3) is 0.562. The standard InChI is InChI=1S/C16H24N2O2/c1-11-8-9-13(12(11)2)17-10-16(19)18-14-6-4-5-7-15(14)20-3/h4-7,11-13,17H,8-10H2,1-3H3,(H,18,19). The number of nitrogens with one attached hydrogen (secondary N) is 2. The molecule has 0 radical (unpaired) electrons. The van der Waals surface area contributed by atoms with Crippen LogP contribution in [0.1, 0.15) is 26.7 Å². The Morgan fingerprint density at radius 2 is 2.05 bits per heavy atom. The van der Waals surface area contributed by atoms with E-state index in [0.717, 1.165) is 18.0 Å². The molecule has 0 aliphatic heterocycles. The molecule has 0 aromatic heterocycles.